The van der Waals surface area contributed by atoms with Gasteiger partial charge >= 0.3 is 11.0 Å². The Morgan fingerprint density at radius 2 is 1.39 bits per heavy atom. The fourth-order valence-electron chi connectivity index (χ4n) is 1.07. The van der Waals surface area contributed by atoms with Crippen molar-refractivity contribution in [3.8, 4) is 0 Å². The van der Waals surface area contributed by atoms with Gasteiger partial charge in [0, 0.05) is 17.6 Å². The summed E-state index contributed by atoms with van der Waals surface area (Å²) in [6.45, 7) is 0. The molecule has 0 fully saturated rings. The van der Waals surface area contributed by atoms with E-state index in [1.807, 2.05) is 0 Å². The minimum absolute atomic E-state index is 0.0725. The molecule has 9 heteroatoms. The summed E-state index contributed by atoms with van der Waals surface area (Å²) in [6, 6.07) is 4.65. The fourth-order valence-corrected chi connectivity index (χ4v) is 2.14. The number of halogens is 6. The van der Waals surface area contributed by atoms with Crippen LogP contribution in [0.5, 0.6) is 0 Å². The molecule has 0 saturated carbocycles. The molecule has 1 rings (SSSR count). The molecule has 102 valence electrons. The number of benzene rings is 1. The molecule has 0 amide bonds. The second-order valence-corrected chi connectivity index (χ2v) is 5.41. The fraction of sp³-hybridized carbons (Fsp3) is 0.333. The Bertz CT molecular complexity index is 386. The third-order valence-electron chi connectivity index (χ3n) is 1.67. The molecule has 0 bridgehead atoms. The quantitative estimate of drug-likeness (QED) is 0.444. The molecule has 1 nitrogen and oxygen atoms in total. The van der Waals surface area contributed by atoms with E-state index < -0.39 is 11.0 Å². The first kappa shape index (κ1) is 15.4. The molecule has 0 heterocycles. The minimum Gasteiger partial charge on any atom is -0.312 e. The number of thioether (sulfide) groups is 1. The smallest absolute Gasteiger partial charge is 0.312 e. The van der Waals surface area contributed by atoms with Gasteiger partial charge in [0.1, 0.15) is 0 Å². The van der Waals surface area contributed by atoms with E-state index in [9.17, 15) is 26.3 Å². The van der Waals surface area contributed by atoms with E-state index in [4.69, 9.17) is 0 Å². The Labute approximate surface area is 108 Å². The Kier molecular flexibility index (Phi) is 4.71. The molecule has 1 aromatic rings. The predicted molar refractivity (Wildman–Crippen MR) is 60.4 cm³/mol. The average molecular weight is 307 g/mol. The lowest BCUT2D eigenvalue weighted by Gasteiger charge is -2.19. The van der Waals surface area contributed by atoms with Crippen molar-refractivity contribution in [3.63, 3.8) is 0 Å². The predicted octanol–water partition coefficient (Wildman–Crippen LogP) is 4.90. The van der Waals surface area contributed by atoms with Crippen LogP contribution in [-0.4, -0.2) is 18.1 Å². The molecule has 1 aromatic carbocycles. The molecule has 0 saturated heterocycles. The lowest BCUT2D eigenvalue weighted by molar-refractivity contribution is -0.0337. The van der Waals surface area contributed by atoms with Gasteiger partial charge in [-0.1, -0.05) is 0 Å². The van der Waals surface area contributed by atoms with Gasteiger partial charge in [0.05, 0.1) is 11.9 Å². The van der Waals surface area contributed by atoms with E-state index in [2.05, 4.69) is 0 Å². The number of hydrogen-bond acceptors (Lipinski definition) is 3. The standard InChI is InChI=1S/C9H7F6NS2/c1-16(18-9(13,14)15)6-2-4-7(5-3-6)17-8(10,11)12/h2-5H,1H3. The molecule has 0 aliphatic heterocycles. The zero-order valence-electron chi connectivity index (χ0n) is 8.84. The molecule has 0 atom stereocenters. The number of alkyl halides is 6. The highest BCUT2D eigenvalue weighted by atomic mass is 32.2. The second kappa shape index (κ2) is 5.52. The Morgan fingerprint density at radius 3 is 1.78 bits per heavy atom. The topological polar surface area (TPSA) is 3.24 Å². The molecule has 0 aliphatic carbocycles. The normalized spacial score (nSPS) is 12.6. The van der Waals surface area contributed by atoms with Crippen LogP contribution in [0.1, 0.15) is 0 Å². The molecule has 18 heavy (non-hydrogen) atoms. The monoisotopic (exact) mass is 307 g/mol. The lowest BCUT2D eigenvalue weighted by Crippen LogP contribution is -2.15. The third-order valence-corrected chi connectivity index (χ3v) is 3.11. The number of nitrogens with zero attached hydrogens (tertiary/aromatic N) is 1. The highest BCUT2D eigenvalue weighted by molar-refractivity contribution is 8.01. The third kappa shape index (κ3) is 5.76. The highest BCUT2D eigenvalue weighted by Gasteiger charge is 2.32. The van der Waals surface area contributed by atoms with E-state index in [0.29, 0.717) is 0 Å². The number of hydrogen-bond donors (Lipinski definition) is 0. The molecule has 0 N–H and O–H groups in total. The van der Waals surface area contributed by atoms with Gasteiger partial charge in [-0.2, -0.15) is 26.3 Å². The van der Waals surface area contributed by atoms with E-state index in [-0.39, 0.29) is 34.3 Å². The Hall–Kier alpha value is -0.700. The van der Waals surface area contributed by atoms with Crippen LogP contribution >= 0.6 is 23.7 Å². The first-order valence-corrected chi connectivity index (χ1v) is 6.01. The largest absolute Gasteiger partial charge is 0.461 e. The molecular weight excluding hydrogens is 300 g/mol. The summed E-state index contributed by atoms with van der Waals surface area (Å²) in [7, 11) is 1.18. The van der Waals surface area contributed by atoms with E-state index in [1.165, 1.54) is 19.2 Å². The highest BCUT2D eigenvalue weighted by Crippen LogP contribution is 2.39. The van der Waals surface area contributed by atoms with Crippen LogP contribution in [-0.2, 0) is 0 Å². The van der Waals surface area contributed by atoms with Crippen molar-refractivity contribution < 1.29 is 26.3 Å². The molecule has 0 unspecified atom stereocenters. The summed E-state index contributed by atoms with van der Waals surface area (Å²) in [5, 5.41) is 0. The van der Waals surface area contributed by atoms with Gasteiger partial charge in [-0.05, 0) is 36.0 Å². The first-order valence-electron chi connectivity index (χ1n) is 4.42. The van der Waals surface area contributed by atoms with Crippen LogP contribution in [0.15, 0.2) is 29.2 Å². The van der Waals surface area contributed by atoms with E-state index >= 15 is 0 Å². The maximum atomic E-state index is 12.1. The van der Waals surface area contributed by atoms with Crippen molar-refractivity contribution in [2.75, 3.05) is 11.4 Å². The van der Waals surface area contributed by atoms with Crippen LogP contribution in [0.2, 0.25) is 0 Å². The number of anilines is 1. The zero-order chi connectivity index (χ0) is 14.0. The van der Waals surface area contributed by atoms with Crippen LogP contribution < -0.4 is 4.31 Å². The maximum absolute atomic E-state index is 12.1. The minimum atomic E-state index is -4.44. The number of rotatable bonds is 3. The van der Waals surface area contributed by atoms with Crippen LogP contribution in [0.3, 0.4) is 0 Å². The van der Waals surface area contributed by atoms with Gasteiger partial charge in [0.15, 0.2) is 0 Å². The van der Waals surface area contributed by atoms with Gasteiger partial charge in [-0.3, -0.25) is 0 Å². The zero-order valence-corrected chi connectivity index (χ0v) is 10.5. The second-order valence-electron chi connectivity index (χ2n) is 3.08. The van der Waals surface area contributed by atoms with Crippen molar-refractivity contribution in [3.05, 3.63) is 24.3 Å². The van der Waals surface area contributed by atoms with Crippen molar-refractivity contribution in [2.24, 2.45) is 0 Å². The van der Waals surface area contributed by atoms with Crippen LogP contribution in [0.25, 0.3) is 0 Å². The summed E-state index contributed by atoms with van der Waals surface area (Å²) in [6.07, 6.45) is 0. The first-order chi connectivity index (χ1) is 8.07. The van der Waals surface area contributed by atoms with Crippen molar-refractivity contribution in [1.29, 1.82) is 0 Å². The average Bonchev–Trinajstić information content (AvgIpc) is 2.13. The van der Waals surface area contributed by atoms with Gasteiger partial charge in [-0.25, -0.2) is 0 Å². The van der Waals surface area contributed by atoms with Gasteiger partial charge in [0.25, 0.3) is 0 Å². The summed E-state index contributed by atoms with van der Waals surface area (Å²) in [5.74, 6) is 0. The Balaban J connectivity index is 2.71. The van der Waals surface area contributed by atoms with E-state index in [0.717, 1.165) is 16.4 Å². The maximum Gasteiger partial charge on any atom is 0.461 e. The molecular formula is C9H7F6NS2. The summed E-state index contributed by atoms with van der Waals surface area (Å²) in [5.41, 5.74) is -8.67. The van der Waals surface area contributed by atoms with Crippen LogP contribution in [0.4, 0.5) is 32.0 Å². The molecule has 0 aromatic heterocycles. The van der Waals surface area contributed by atoms with Crippen molar-refractivity contribution in [1.82, 2.24) is 0 Å². The summed E-state index contributed by atoms with van der Waals surface area (Å²) in [4.78, 5) is -0.0725. The lowest BCUT2D eigenvalue weighted by atomic mass is 10.3. The van der Waals surface area contributed by atoms with Gasteiger partial charge < -0.3 is 4.31 Å². The molecule has 0 spiro atoms. The van der Waals surface area contributed by atoms with Crippen molar-refractivity contribution in [2.45, 2.75) is 15.9 Å². The molecule has 0 aliphatic rings. The van der Waals surface area contributed by atoms with Crippen LogP contribution in [0, 0.1) is 0 Å². The SMILES string of the molecule is CN(SC(F)(F)F)c1ccc(SC(F)(F)F)cc1. The van der Waals surface area contributed by atoms with Gasteiger partial charge in [0.2, 0.25) is 0 Å². The molecule has 0 radical (unpaired) electrons. The van der Waals surface area contributed by atoms with Crippen molar-refractivity contribution >= 4 is 29.4 Å². The Morgan fingerprint density at radius 1 is 0.889 bits per heavy atom. The van der Waals surface area contributed by atoms with Gasteiger partial charge in [-0.15, -0.1) is 0 Å². The van der Waals surface area contributed by atoms with E-state index in [1.54, 1.807) is 0 Å². The summed E-state index contributed by atoms with van der Waals surface area (Å²) >= 11 is -0.680. The summed E-state index contributed by atoms with van der Waals surface area (Å²) < 4.78 is 73.1.